The van der Waals surface area contributed by atoms with Crippen LogP contribution < -0.4 is 14.8 Å². The van der Waals surface area contributed by atoms with Crippen molar-refractivity contribution in [3.05, 3.63) is 44.6 Å². The highest BCUT2D eigenvalue weighted by atomic mass is 32.1. The molecule has 1 fully saturated rings. The maximum atomic E-state index is 12.9. The van der Waals surface area contributed by atoms with Gasteiger partial charge < -0.3 is 14.8 Å². The van der Waals surface area contributed by atoms with E-state index in [0.29, 0.717) is 23.8 Å². The molecule has 4 nitrogen and oxygen atoms in total. The van der Waals surface area contributed by atoms with Crippen LogP contribution in [-0.4, -0.2) is 19.1 Å². The molecule has 0 bridgehead atoms. The quantitative estimate of drug-likeness (QED) is 0.737. The highest BCUT2D eigenvalue weighted by molar-refractivity contribution is 7.14. The molecule has 0 unspecified atom stereocenters. The number of methoxy groups -OCH3 is 1. The van der Waals surface area contributed by atoms with Crippen LogP contribution in [-0.2, 0) is 13.0 Å². The summed E-state index contributed by atoms with van der Waals surface area (Å²) in [6.45, 7) is 11.3. The Morgan fingerprint density at radius 2 is 2.11 bits per heavy atom. The Hall–Kier alpha value is -2.01. The lowest BCUT2D eigenvalue weighted by atomic mass is 9.95. The third kappa shape index (κ3) is 3.10. The summed E-state index contributed by atoms with van der Waals surface area (Å²) in [5.74, 6) is 2.89. The maximum absolute atomic E-state index is 12.9. The van der Waals surface area contributed by atoms with Gasteiger partial charge in [0.15, 0.2) is 0 Å². The summed E-state index contributed by atoms with van der Waals surface area (Å²) in [4.78, 5) is 15.1. The van der Waals surface area contributed by atoms with Gasteiger partial charge in [-0.05, 0) is 67.7 Å². The number of hydrogen-bond acceptors (Lipinski definition) is 4. The molecule has 2 aromatic rings. The molecule has 1 amide bonds. The maximum Gasteiger partial charge on any atom is 0.261 e. The number of benzene rings is 1. The summed E-state index contributed by atoms with van der Waals surface area (Å²) >= 11 is 1.65. The molecule has 1 heterocycles. The second-order valence-corrected chi connectivity index (χ2v) is 10.0. The first-order chi connectivity index (χ1) is 13.2. The zero-order chi connectivity index (χ0) is 20.2. The molecular weight excluding hydrogens is 370 g/mol. The molecule has 2 aliphatic rings. The fraction of sp³-hybridized carbons (Fsp3) is 0.522. The molecule has 28 heavy (non-hydrogen) atoms. The van der Waals surface area contributed by atoms with Crippen molar-refractivity contribution in [2.45, 2.75) is 59.6 Å². The number of nitrogens with one attached hydrogen (secondary N) is 1. The van der Waals surface area contributed by atoms with E-state index in [4.69, 9.17) is 9.47 Å². The lowest BCUT2D eigenvalue weighted by Crippen LogP contribution is -2.23. The molecule has 150 valence electrons. The lowest BCUT2D eigenvalue weighted by Gasteiger charge is -2.14. The van der Waals surface area contributed by atoms with Crippen LogP contribution in [0, 0.1) is 18.3 Å². The molecule has 1 saturated carbocycles. The van der Waals surface area contributed by atoms with Crippen LogP contribution >= 0.6 is 11.3 Å². The van der Waals surface area contributed by atoms with Gasteiger partial charge in [0.25, 0.3) is 5.91 Å². The second-order valence-electron chi connectivity index (χ2n) is 8.81. The van der Waals surface area contributed by atoms with Crippen LogP contribution in [0.15, 0.2) is 18.2 Å². The van der Waals surface area contributed by atoms with E-state index in [-0.39, 0.29) is 12.0 Å². The van der Waals surface area contributed by atoms with Gasteiger partial charge in [0.2, 0.25) is 0 Å². The van der Waals surface area contributed by atoms with Crippen LogP contribution in [0.4, 0.5) is 0 Å². The molecular formula is C23H29NO3S. The van der Waals surface area contributed by atoms with Gasteiger partial charge in [0.1, 0.15) is 11.5 Å². The van der Waals surface area contributed by atoms with Gasteiger partial charge in [-0.15, -0.1) is 11.3 Å². The highest BCUT2D eigenvalue weighted by Gasteiger charge is 2.63. The lowest BCUT2D eigenvalue weighted by molar-refractivity contribution is 0.0953. The Bertz CT molecular complexity index is 928. The summed E-state index contributed by atoms with van der Waals surface area (Å²) in [7, 11) is 1.64. The Kier molecular flexibility index (Phi) is 4.69. The monoisotopic (exact) mass is 399 g/mol. The predicted octanol–water partition coefficient (Wildman–Crippen LogP) is 5.08. The molecule has 0 radical (unpaired) electrons. The van der Waals surface area contributed by atoms with Crippen molar-refractivity contribution in [2.24, 2.45) is 11.3 Å². The Morgan fingerprint density at radius 1 is 1.36 bits per heavy atom. The summed E-state index contributed by atoms with van der Waals surface area (Å²) in [5, 5.41) is 3.09. The normalized spacial score (nSPS) is 21.2. The van der Waals surface area contributed by atoms with Crippen LogP contribution in [0.1, 0.15) is 64.9 Å². The van der Waals surface area contributed by atoms with Crippen molar-refractivity contribution in [3.63, 3.8) is 0 Å². The van der Waals surface area contributed by atoms with Gasteiger partial charge >= 0.3 is 0 Å². The number of aryl methyl sites for hydroxylation is 1. The Morgan fingerprint density at radius 3 is 2.79 bits per heavy atom. The van der Waals surface area contributed by atoms with E-state index in [9.17, 15) is 4.79 Å². The molecule has 0 aliphatic heterocycles. The van der Waals surface area contributed by atoms with Gasteiger partial charge in [-0.25, -0.2) is 0 Å². The van der Waals surface area contributed by atoms with E-state index in [2.05, 4.69) is 26.1 Å². The summed E-state index contributed by atoms with van der Waals surface area (Å²) < 4.78 is 11.2. The molecule has 1 aromatic carbocycles. The largest absolute Gasteiger partial charge is 0.496 e. The number of thiophene rings is 1. The van der Waals surface area contributed by atoms with Crippen LogP contribution in [0.2, 0.25) is 0 Å². The summed E-state index contributed by atoms with van der Waals surface area (Å²) in [5.41, 5.74) is 4.10. The van der Waals surface area contributed by atoms with Gasteiger partial charge in [0, 0.05) is 23.1 Å². The van der Waals surface area contributed by atoms with E-state index >= 15 is 0 Å². The van der Waals surface area contributed by atoms with E-state index < -0.39 is 0 Å². The number of carbonyl (C=O) groups is 1. The topological polar surface area (TPSA) is 47.6 Å². The minimum Gasteiger partial charge on any atom is -0.496 e. The molecule has 5 heteroatoms. The summed E-state index contributed by atoms with van der Waals surface area (Å²) in [6, 6.07) is 5.76. The standard InChI is InChI=1S/C23H29NO3S/c1-12(2)27-15-8-7-14(18(9-15)26-6)11-24-22(25)21-16-10-17-20(23(17,4)5)19(16)13(3)28-21/h7-9,12,17,20H,10-11H2,1-6H3,(H,24,25)/t17-,20-/m1/s1. The number of ether oxygens (including phenoxy) is 2. The first-order valence-corrected chi connectivity index (χ1v) is 10.8. The first-order valence-electron chi connectivity index (χ1n) is 9.98. The molecule has 4 rings (SSSR count). The Balaban J connectivity index is 1.48. The fourth-order valence-corrected chi connectivity index (χ4v) is 5.94. The van der Waals surface area contributed by atoms with E-state index in [1.807, 2.05) is 32.0 Å². The number of fused-ring (bicyclic) bond motifs is 3. The van der Waals surface area contributed by atoms with E-state index in [1.165, 1.54) is 16.0 Å². The molecule has 1 aromatic heterocycles. The van der Waals surface area contributed by atoms with Crippen molar-refractivity contribution in [3.8, 4) is 11.5 Å². The molecule has 2 aliphatic carbocycles. The van der Waals surface area contributed by atoms with Gasteiger partial charge in [0.05, 0.1) is 18.1 Å². The van der Waals surface area contributed by atoms with Crippen molar-refractivity contribution in [1.82, 2.24) is 5.32 Å². The number of rotatable bonds is 6. The van der Waals surface area contributed by atoms with Crippen molar-refractivity contribution >= 4 is 17.2 Å². The van der Waals surface area contributed by atoms with Crippen molar-refractivity contribution in [1.29, 1.82) is 0 Å². The van der Waals surface area contributed by atoms with E-state index in [1.54, 1.807) is 18.4 Å². The number of amides is 1. The number of hydrogen-bond donors (Lipinski definition) is 1. The molecule has 0 spiro atoms. The minimum absolute atomic E-state index is 0.0259. The van der Waals surface area contributed by atoms with Gasteiger partial charge in [-0.3, -0.25) is 4.79 Å². The molecule has 1 N–H and O–H groups in total. The van der Waals surface area contributed by atoms with Crippen molar-refractivity contribution < 1.29 is 14.3 Å². The minimum atomic E-state index is 0.0259. The highest BCUT2D eigenvalue weighted by Crippen LogP contribution is 2.71. The van der Waals surface area contributed by atoms with Crippen LogP contribution in [0.25, 0.3) is 0 Å². The first kappa shape index (κ1) is 19.3. The SMILES string of the molecule is COc1cc(OC(C)C)ccc1CNC(=O)c1sc(C)c2c1C[C@@H]1[C@H]2C1(C)C. The second kappa shape index (κ2) is 6.80. The van der Waals surface area contributed by atoms with Gasteiger partial charge in [-0.2, -0.15) is 0 Å². The molecule has 2 atom stereocenters. The van der Waals surface area contributed by atoms with Crippen LogP contribution in [0.5, 0.6) is 11.5 Å². The Labute approximate surface area is 171 Å². The average Bonchev–Trinajstić information content (AvgIpc) is 2.96. The van der Waals surface area contributed by atoms with Crippen LogP contribution in [0.3, 0.4) is 0 Å². The fourth-order valence-electron chi connectivity index (χ4n) is 4.79. The zero-order valence-electron chi connectivity index (χ0n) is 17.5. The number of carbonyl (C=O) groups excluding carboxylic acids is 1. The van der Waals surface area contributed by atoms with Crippen molar-refractivity contribution in [2.75, 3.05) is 7.11 Å². The smallest absolute Gasteiger partial charge is 0.261 e. The summed E-state index contributed by atoms with van der Waals surface area (Å²) in [6.07, 6.45) is 1.15. The van der Waals surface area contributed by atoms with Gasteiger partial charge in [-0.1, -0.05) is 13.8 Å². The molecule has 0 saturated heterocycles. The average molecular weight is 400 g/mol. The predicted molar refractivity (Wildman–Crippen MR) is 113 cm³/mol. The zero-order valence-corrected chi connectivity index (χ0v) is 18.3. The van der Waals surface area contributed by atoms with E-state index in [0.717, 1.165) is 28.4 Å². The third-order valence-electron chi connectivity index (χ3n) is 6.30. The third-order valence-corrected chi connectivity index (χ3v) is 7.46.